The van der Waals surface area contributed by atoms with Crippen LogP contribution in [-0.2, 0) is 15.6 Å². The van der Waals surface area contributed by atoms with Crippen molar-refractivity contribution in [3.8, 4) is 0 Å². The highest BCUT2D eigenvalue weighted by molar-refractivity contribution is 7.91. The first kappa shape index (κ1) is 14.3. The number of hydrogen-bond acceptors (Lipinski definition) is 3. The largest absolute Gasteiger partial charge is 0.398 e. The first-order valence-electron chi connectivity index (χ1n) is 5.49. The number of nitrogens with two attached hydrogens (primary N) is 1. The molecule has 0 spiro atoms. The van der Waals surface area contributed by atoms with Crippen molar-refractivity contribution in [2.45, 2.75) is 31.8 Å². The lowest BCUT2D eigenvalue weighted by molar-refractivity contribution is 0.545. The SMILES string of the molecule is CC(C)C(C)S(=O)(=O)Cc1ccc(Cl)cc1N. The Balaban J connectivity index is 2.98. The van der Waals surface area contributed by atoms with E-state index >= 15 is 0 Å². The number of anilines is 1. The fourth-order valence-electron chi connectivity index (χ4n) is 1.46. The van der Waals surface area contributed by atoms with E-state index in [2.05, 4.69) is 0 Å². The highest BCUT2D eigenvalue weighted by Gasteiger charge is 2.24. The van der Waals surface area contributed by atoms with Crippen LogP contribution in [-0.4, -0.2) is 13.7 Å². The Labute approximate surface area is 108 Å². The Hall–Kier alpha value is -0.740. The molecule has 5 heteroatoms. The van der Waals surface area contributed by atoms with Crippen LogP contribution in [0.1, 0.15) is 26.3 Å². The van der Waals surface area contributed by atoms with Crippen LogP contribution in [0.2, 0.25) is 5.02 Å². The Morgan fingerprint density at radius 1 is 1.29 bits per heavy atom. The fourth-order valence-corrected chi connectivity index (χ4v) is 3.43. The van der Waals surface area contributed by atoms with Gasteiger partial charge in [0.1, 0.15) is 0 Å². The molecule has 0 heterocycles. The fraction of sp³-hybridized carbons (Fsp3) is 0.500. The van der Waals surface area contributed by atoms with Crippen LogP contribution in [0.4, 0.5) is 5.69 Å². The molecular formula is C12H18ClNO2S. The topological polar surface area (TPSA) is 60.2 Å². The third-order valence-electron chi connectivity index (χ3n) is 2.97. The van der Waals surface area contributed by atoms with Crippen molar-refractivity contribution in [2.75, 3.05) is 5.73 Å². The monoisotopic (exact) mass is 275 g/mol. The summed E-state index contributed by atoms with van der Waals surface area (Å²) in [7, 11) is -3.17. The Bertz CT molecular complexity index is 497. The average molecular weight is 276 g/mol. The summed E-state index contributed by atoms with van der Waals surface area (Å²) in [5, 5.41) is 0.137. The van der Waals surface area contributed by atoms with E-state index in [1.54, 1.807) is 25.1 Å². The van der Waals surface area contributed by atoms with E-state index in [4.69, 9.17) is 17.3 Å². The number of nitrogen functional groups attached to an aromatic ring is 1. The second-order valence-corrected chi connectivity index (χ2v) is 7.39. The number of sulfone groups is 1. The second-order valence-electron chi connectivity index (χ2n) is 4.60. The van der Waals surface area contributed by atoms with E-state index < -0.39 is 9.84 Å². The lowest BCUT2D eigenvalue weighted by atomic mass is 10.2. The second kappa shape index (κ2) is 5.27. The van der Waals surface area contributed by atoms with Crippen LogP contribution in [0.15, 0.2) is 18.2 Å². The van der Waals surface area contributed by atoms with E-state index in [0.717, 1.165) is 0 Å². The molecule has 1 aromatic rings. The number of halogens is 1. The molecule has 0 aliphatic heterocycles. The highest BCUT2D eigenvalue weighted by Crippen LogP contribution is 2.23. The van der Waals surface area contributed by atoms with Crippen molar-refractivity contribution in [2.24, 2.45) is 5.92 Å². The van der Waals surface area contributed by atoms with Crippen molar-refractivity contribution >= 4 is 27.1 Å². The minimum absolute atomic E-state index is 0.0324. The summed E-state index contributed by atoms with van der Waals surface area (Å²) >= 11 is 5.77. The molecule has 0 radical (unpaired) electrons. The van der Waals surface area contributed by atoms with Crippen molar-refractivity contribution < 1.29 is 8.42 Å². The van der Waals surface area contributed by atoms with Crippen LogP contribution >= 0.6 is 11.6 Å². The lowest BCUT2D eigenvalue weighted by Crippen LogP contribution is -2.25. The number of hydrogen-bond donors (Lipinski definition) is 1. The molecule has 1 unspecified atom stereocenters. The van der Waals surface area contributed by atoms with E-state index in [-0.39, 0.29) is 16.9 Å². The van der Waals surface area contributed by atoms with Gasteiger partial charge in [0.2, 0.25) is 0 Å². The zero-order valence-corrected chi connectivity index (χ0v) is 11.8. The average Bonchev–Trinajstić information content (AvgIpc) is 2.21. The van der Waals surface area contributed by atoms with Gasteiger partial charge < -0.3 is 5.73 Å². The summed E-state index contributed by atoms with van der Waals surface area (Å²) in [6, 6.07) is 4.90. The van der Waals surface area contributed by atoms with E-state index in [9.17, 15) is 8.42 Å². The van der Waals surface area contributed by atoms with Gasteiger partial charge in [0.15, 0.2) is 9.84 Å². The van der Waals surface area contributed by atoms with Crippen LogP contribution < -0.4 is 5.73 Å². The molecule has 2 N–H and O–H groups in total. The van der Waals surface area contributed by atoms with Crippen molar-refractivity contribution in [3.05, 3.63) is 28.8 Å². The molecule has 0 saturated heterocycles. The maximum Gasteiger partial charge on any atom is 0.157 e. The molecule has 1 aromatic carbocycles. The standard InChI is InChI=1S/C12H18ClNO2S/c1-8(2)9(3)17(15,16)7-10-4-5-11(13)6-12(10)14/h4-6,8-9H,7,14H2,1-3H3. The van der Waals surface area contributed by atoms with Crippen LogP contribution in [0.3, 0.4) is 0 Å². The van der Waals surface area contributed by atoms with E-state index in [1.165, 1.54) is 0 Å². The molecular weight excluding hydrogens is 258 g/mol. The molecule has 0 aromatic heterocycles. The minimum atomic E-state index is -3.17. The maximum atomic E-state index is 12.1. The highest BCUT2D eigenvalue weighted by atomic mass is 35.5. The molecule has 3 nitrogen and oxygen atoms in total. The lowest BCUT2D eigenvalue weighted by Gasteiger charge is -2.17. The van der Waals surface area contributed by atoms with Crippen LogP contribution in [0.25, 0.3) is 0 Å². The van der Waals surface area contributed by atoms with Gasteiger partial charge in [-0.2, -0.15) is 0 Å². The van der Waals surface area contributed by atoms with Crippen molar-refractivity contribution in [1.29, 1.82) is 0 Å². The Morgan fingerprint density at radius 3 is 2.35 bits per heavy atom. The third kappa shape index (κ3) is 3.61. The third-order valence-corrected chi connectivity index (χ3v) is 5.60. The molecule has 0 aliphatic carbocycles. The zero-order valence-electron chi connectivity index (χ0n) is 10.3. The molecule has 96 valence electrons. The van der Waals surface area contributed by atoms with E-state index in [1.807, 2.05) is 13.8 Å². The molecule has 0 saturated carbocycles. The van der Waals surface area contributed by atoms with Gasteiger partial charge in [0.05, 0.1) is 11.0 Å². The van der Waals surface area contributed by atoms with Gasteiger partial charge in [-0.1, -0.05) is 31.5 Å². The normalized spacial score (nSPS) is 13.9. The van der Waals surface area contributed by atoms with E-state index in [0.29, 0.717) is 16.3 Å². The summed E-state index contributed by atoms with van der Waals surface area (Å²) in [6.45, 7) is 5.52. The molecule has 1 rings (SSSR count). The Morgan fingerprint density at radius 2 is 1.88 bits per heavy atom. The van der Waals surface area contributed by atoms with Crippen LogP contribution in [0.5, 0.6) is 0 Å². The van der Waals surface area contributed by atoms with Gasteiger partial charge in [-0.25, -0.2) is 8.42 Å². The van der Waals surface area contributed by atoms with Crippen LogP contribution in [0, 0.1) is 5.92 Å². The summed E-state index contributed by atoms with van der Waals surface area (Å²) in [5.74, 6) is 0.0588. The number of rotatable bonds is 4. The Kier molecular flexibility index (Phi) is 4.44. The maximum absolute atomic E-state index is 12.1. The first-order valence-corrected chi connectivity index (χ1v) is 7.59. The molecule has 0 bridgehead atoms. The summed E-state index contributed by atoms with van der Waals surface area (Å²) in [4.78, 5) is 0. The van der Waals surface area contributed by atoms with Crippen molar-refractivity contribution in [3.63, 3.8) is 0 Å². The van der Waals surface area contributed by atoms with Crippen molar-refractivity contribution in [1.82, 2.24) is 0 Å². The first-order chi connectivity index (χ1) is 7.74. The molecule has 0 amide bonds. The van der Waals surface area contributed by atoms with Gasteiger partial charge in [0.25, 0.3) is 0 Å². The summed E-state index contributed by atoms with van der Waals surface area (Å²) in [5.41, 5.74) is 6.80. The number of benzene rings is 1. The minimum Gasteiger partial charge on any atom is -0.398 e. The molecule has 17 heavy (non-hydrogen) atoms. The predicted molar refractivity (Wildman–Crippen MR) is 72.8 cm³/mol. The van der Waals surface area contributed by atoms with Gasteiger partial charge in [-0.3, -0.25) is 0 Å². The molecule has 0 fully saturated rings. The summed E-state index contributed by atoms with van der Waals surface area (Å²) < 4.78 is 24.2. The van der Waals surface area contributed by atoms with Gasteiger partial charge in [0, 0.05) is 10.7 Å². The summed E-state index contributed by atoms with van der Waals surface area (Å²) in [6.07, 6.45) is 0. The smallest absolute Gasteiger partial charge is 0.157 e. The quantitative estimate of drug-likeness (QED) is 0.860. The zero-order chi connectivity index (χ0) is 13.2. The predicted octanol–water partition coefficient (Wildman–Crippen LogP) is 2.88. The molecule has 1 atom stereocenters. The van der Waals surface area contributed by atoms with Gasteiger partial charge in [-0.05, 0) is 30.5 Å². The molecule has 0 aliphatic rings. The van der Waals surface area contributed by atoms with Gasteiger partial charge >= 0.3 is 0 Å². The van der Waals surface area contributed by atoms with Gasteiger partial charge in [-0.15, -0.1) is 0 Å².